The number of halogens is 1. The Kier molecular flexibility index (Phi) is 5.70. The molecular formula is C19H22FNO. The number of carbonyl (C=O) groups excluding carboxylic acids is 1. The number of amides is 1. The van der Waals surface area contributed by atoms with E-state index in [1.54, 1.807) is 12.1 Å². The van der Waals surface area contributed by atoms with Crippen LogP contribution in [0, 0.1) is 19.7 Å². The molecule has 0 radical (unpaired) electrons. The van der Waals surface area contributed by atoms with E-state index >= 15 is 0 Å². The molecule has 1 amide bonds. The number of hydrogen-bond acceptors (Lipinski definition) is 1. The van der Waals surface area contributed by atoms with Crippen molar-refractivity contribution >= 4 is 5.91 Å². The minimum absolute atomic E-state index is 0.0473. The Balaban J connectivity index is 1.72. The van der Waals surface area contributed by atoms with Gasteiger partial charge in [-0.25, -0.2) is 4.39 Å². The second kappa shape index (κ2) is 7.74. The van der Waals surface area contributed by atoms with Gasteiger partial charge in [-0.15, -0.1) is 0 Å². The predicted octanol–water partition coefficient (Wildman–Crippen LogP) is 3.73. The van der Waals surface area contributed by atoms with E-state index in [0.29, 0.717) is 13.0 Å². The number of nitrogens with one attached hydrogen (secondary N) is 1. The number of aryl methyl sites for hydroxylation is 3. The molecule has 0 spiro atoms. The van der Waals surface area contributed by atoms with Gasteiger partial charge in [0.15, 0.2) is 0 Å². The minimum Gasteiger partial charge on any atom is -0.356 e. The molecule has 2 rings (SSSR count). The zero-order valence-electron chi connectivity index (χ0n) is 13.2. The van der Waals surface area contributed by atoms with Crippen LogP contribution in [-0.2, 0) is 17.6 Å². The lowest BCUT2D eigenvalue weighted by Gasteiger charge is -2.08. The highest BCUT2D eigenvalue weighted by atomic mass is 19.1. The van der Waals surface area contributed by atoms with Crippen LogP contribution in [0.3, 0.4) is 0 Å². The van der Waals surface area contributed by atoms with Crippen molar-refractivity contribution in [3.8, 4) is 0 Å². The maximum Gasteiger partial charge on any atom is 0.224 e. The fourth-order valence-electron chi connectivity index (χ4n) is 2.45. The van der Waals surface area contributed by atoms with E-state index in [-0.39, 0.29) is 11.7 Å². The summed E-state index contributed by atoms with van der Waals surface area (Å²) in [5.41, 5.74) is 4.52. The Morgan fingerprint density at radius 3 is 2.50 bits per heavy atom. The lowest BCUT2D eigenvalue weighted by molar-refractivity contribution is -0.120. The van der Waals surface area contributed by atoms with Gasteiger partial charge in [0.2, 0.25) is 5.91 Å². The van der Waals surface area contributed by atoms with Crippen LogP contribution in [0.4, 0.5) is 4.39 Å². The van der Waals surface area contributed by atoms with Gasteiger partial charge in [-0.1, -0.05) is 35.9 Å². The summed E-state index contributed by atoms with van der Waals surface area (Å²) in [4.78, 5) is 11.9. The maximum atomic E-state index is 12.8. The largest absolute Gasteiger partial charge is 0.356 e. The standard InChI is InChI=1S/C19H22FNO/c1-14-5-8-17(15(2)12-14)13-19(22)21-11-3-4-16-6-9-18(20)10-7-16/h5-10,12H,3-4,11,13H2,1-2H3,(H,21,22). The highest BCUT2D eigenvalue weighted by Crippen LogP contribution is 2.11. The van der Waals surface area contributed by atoms with Gasteiger partial charge < -0.3 is 5.32 Å². The van der Waals surface area contributed by atoms with Gasteiger partial charge in [-0.2, -0.15) is 0 Å². The highest BCUT2D eigenvalue weighted by Gasteiger charge is 2.05. The van der Waals surface area contributed by atoms with Crippen LogP contribution in [0.1, 0.15) is 28.7 Å². The molecule has 0 aromatic heterocycles. The molecule has 0 saturated heterocycles. The molecule has 22 heavy (non-hydrogen) atoms. The lowest BCUT2D eigenvalue weighted by Crippen LogP contribution is -2.26. The average Bonchev–Trinajstić information content (AvgIpc) is 2.48. The van der Waals surface area contributed by atoms with Crippen LogP contribution in [0.2, 0.25) is 0 Å². The fraction of sp³-hybridized carbons (Fsp3) is 0.316. The molecule has 2 aromatic carbocycles. The fourth-order valence-corrected chi connectivity index (χ4v) is 2.45. The van der Waals surface area contributed by atoms with E-state index in [0.717, 1.165) is 29.5 Å². The van der Waals surface area contributed by atoms with Crippen molar-refractivity contribution in [2.75, 3.05) is 6.54 Å². The molecule has 0 fully saturated rings. The van der Waals surface area contributed by atoms with Crippen LogP contribution in [0.15, 0.2) is 42.5 Å². The maximum absolute atomic E-state index is 12.8. The Bertz CT molecular complexity index is 634. The second-order valence-corrected chi connectivity index (χ2v) is 5.69. The van der Waals surface area contributed by atoms with E-state index < -0.39 is 0 Å². The molecule has 0 bridgehead atoms. The van der Waals surface area contributed by atoms with Gasteiger partial charge in [0.1, 0.15) is 5.82 Å². The van der Waals surface area contributed by atoms with Crippen molar-refractivity contribution in [1.82, 2.24) is 5.32 Å². The zero-order valence-corrected chi connectivity index (χ0v) is 13.2. The summed E-state index contributed by atoms with van der Waals surface area (Å²) in [5.74, 6) is -0.170. The van der Waals surface area contributed by atoms with Gasteiger partial charge >= 0.3 is 0 Å². The third kappa shape index (κ3) is 4.99. The van der Waals surface area contributed by atoms with Crippen LogP contribution in [0.5, 0.6) is 0 Å². The van der Waals surface area contributed by atoms with Gasteiger partial charge in [0, 0.05) is 6.54 Å². The molecule has 0 aliphatic rings. The summed E-state index contributed by atoms with van der Waals surface area (Å²) in [6.07, 6.45) is 2.11. The van der Waals surface area contributed by atoms with Crippen molar-refractivity contribution in [2.24, 2.45) is 0 Å². The summed E-state index contributed by atoms with van der Waals surface area (Å²) in [6, 6.07) is 12.6. The van der Waals surface area contributed by atoms with Crippen LogP contribution < -0.4 is 5.32 Å². The van der Waals surface area contributed by atoms with Crippen molar-refractivity contribution < 1.29 is 9.18 Å². The molecule has 116 valence electrons. The third-order valence-corrected chi connectivity index (χ3v) is 3.73. The molecule has 0 saturated carbocycles. The Morgan fingerprint density at radius 2 is 1.82 bits per heavy atom. The van der Waals surface area contributed by atoms with E-state index in [1.807, 2.05) is 26.0 Å². The van der Waals surface area contributed by atoms with Crippen LogP contribution in [-0.4, -0.2) is 12.5 Å². The SMILES string of the molecule is Cc1ccc(CC(=O)NCCCc2ccc(F)cc2)c(C)c1. The Hall–Kier alpha value is -2.16. The monoisotopic (exact) mass is 299 g/mol. The van der Waals surface area contributed by atoms with Crippen LogP contribution >= 0.6 is 0 Å². The number of carbonyl (C=O) groups is 1. The normalized spacial score (nSPS) is 10.5. The Morgan fingerprint density at radius 1 is 1.09 bits per heavy atom. The summed E-state index contributed by atoms with van der Waals surface area (Å²) >= 11 is 0. The molecule has 0 atom stereocenters. The highest BCUT2D eigenvalue weighted by molar-refractivity contribution is 5.78. The molecule has 3 heteroatoms. The minimum atomic E-state index is -0.217. The van der Waals surface area contributed by atoms with Crippen molar-refractivity contribution in [3.63, 3.8) is 0 Å². The first-order chi connectivity index (χ1) is 10.5. The van der Waals surface area contributed by atoms with Crippen molar-refractivity contribution in [2.45, 2.75) is 33.1 Å². The topological polar surface area (TPSA) is 29.1 Å². The van der Waals surface area contributed by atoms with Gasteiger partial charge in [-0.3, -0.25) is 4.79 Å². The zero-order chi connectivity index (χ0) is 15.9. The predicted molar refractivity (Wildman–Crippen MR) is 87.4 cm³/mol. The summed E-state index contributed by atoms with van der Waals surface area (Å²) in [6.45, 7) is 4.72. The molecule has 2 aromatic rings. The van der Waals surface area contributed by atoms with Crippen molar-refractivity contribution in [3.05, 3.63) is 70.5 Å². The molecule has 0 aliphatic heterocycles. The summed E-state index contributed by atoms with van der Waals surface area (Å²) in [7, 11) is 0. The average molecular weight is 299 g/mol. The van der Waals surface area contributed by atoms with Gasteiger partial charge in [-0.05, 0) is 55.5 Å². The van der Waals surface area contributed by atoms with E-state index in [4.69, 9.17) is 0 Å². The number of rotatable bonds is 6. The molecular weight excluding hydrogens is 277 g/mol. The molecule has 0 aliphatic carbocycles. The number of hydrogen-bond donors (Lipinski definition) is 1. The summed E-state index contributed by atoms with van der Waals surface area (Å²) in [5, 5.41) is 2.94. The molecule has 0 unspecified atom stereocenters. The smallest absolute Gasteiger partial charge is 0.224 e. The lowest BCUT2D eigenvalue weighted by atomic mass is 10.0. The first-order valence-electron chi connectivity index (χ1n) is 7.62. The first kappa shape index (κ1) is 16.2. The van der Waals surface area contributed by atoms with Gasteiger partial charge in [0.05, 0.1) is 6.42 Å². The van der Waals surface area contributed by atoms with Crippen LogP contribution in [0.25, 0.3) is 0 Å². The number of benzene rings is 2. The first-order valence-corrected chi connectivity index (χ1v) is 7.62. The Labute approximate surface area is 131 Å². The van der Waals surface area contributed by atoms with Gasteiger partial charge in [0.25, 0.3) is 0 Å². The quantitative estimate of drug-likeness (QED) is 0.809. The van der Waals surface area contributed by atoms with E-state index in [9.17, 15) is 9.18 Å². The third-order valence-electron chi connectivity index (χ3n) is 3.73. The van der Waals surface area contributed by atoms with E-state index in [1.165, 1.54) is 17.7 Å². The molecule has 0 heterocycles. The molecule has 1 N–H and O–H groups in total. The summed E-state index contributed by atoms with van der Waals surface area (Å²) < 4.78 is 12.8. The van der Waals surface area contributed by atoms with E-state index in [2.05, 4.69) is 11.4 Å². The molecule has 2 nitrogen and oxygen atoms in total. The van der Waals surface area contributed by atoms with Crippen molar-refractivity contribution in [1.29, 1.82) is 0 Å². The second-order valence-electron chi connectivity index (χ2n) is 5.69.